The molecule has 0 aromatic heterocycles. The van der Waals surface area contributed by atoms with Crippen LogP contribution >= 0.6 is 0 Å². The third-order valence-corrected chi connectivity index (χ3v) is 2.95. The second kappa shape index (κ2) is 8.05. The normalized spacial score (nSPS) is 12.7. The zero-order valence-electron chi connectivity index (χ0n) is 12.6. The molecule has 0 saturated heterocycles. The van der Waals surface area contributed by atoms with E-state index in [2.05, 4.69) is 10.3 Å². The van der Waals surface area contributed by atoms with E-state index in [9.17, 15) is 5.11 Å². The number of ether oxygens (including phenoxy) is 1. The van der Waals surface area contributed by atoms with Crippen LogP contribution in [-0.2, 0) is 0 Å². The van der Waals surface area contributed by atoms with E-state index >= 15 is 0 Å². The molecule has 22 heavy (non-hydrogen) atoms. The number of hydrogen-bond donors (Lipinski definition) is 3. The Balaban J connectivity index is 1.77. The molecule has 2 aromatic rings. The molecule has 1 atom stereocenters. The minimum absolute atomic E-state index is 0.172. The molecule has 0 aliphatic carbocycles. The molecule has 0 saturated carbocycles. The number of aliphatic imine (C=N–C) groups is 1. The number of anilines is 1. The Labute approximate surface area is 130 Å². The molecule has 116 valence electrons. The van der Waals surface area contributed by atoms with Gasteiger partial charge in [-0.25, -0.2) is 0 Å². The first-order chi connectivity index (χ1) is 10.6. The molecule has 2 rings (SSSR count). The Kier molecular flexibility index (Phi) is 5.80. The van der Waals surface area contributed by atoms with Crippen LogP contribution in [0.15, 0.2) is 59.6 Å². The number of benzene rings is 2. The van der Waals surface area contributed by atoms with Crippen LogP contribution in [0.2, 0.25) is 0 Å². The molecule has 0 aliphatic rings. The standard InChI is InChI=1S/C17H21N3O2/c1-13-6-5-9-16(10-13)22-12-15(21)11-19-17(18)20-14-7-3-2-4-8-14/h2-10,15,21H,11-12H2,1H3,(H3,18,19,20). The highest BCUT2D eigenvalue weighted by Gasteiger charge is 2.05. The number of nitrogens with zero attached hydrogens (tertiary/aromatic N) is 1. The molecular weight excluding hydrogens is 278 g/mol. The number of aryl methyl sites for hydroxylation is 1. The van der Waals surface area contributed by atoms with Crippen LogP contribution in [-0.4, -0.2) is 30.3 Å². The molecule has 0 aliphatic heterocycles. The summed E-state index contributed by atoms with van der Waals surface area (Å²) in [7, 11) is 0. The minimum atomic E-state index is -0.711. The van der Waals surface area contributed by atoms with E-state index in [0.717, 1.165) is 17.0 Å². The summed E-state index contributed by atoms with van der Waals surface area (Å²) in [6.07, 6.45) is -0.711. The van der Waals surface area contributed by atoms with E-state index in [-0.39, 0.29) is 19.1 Å². The van der Waals surface area contributed by atoms with E-state index in [1.54, 1.807) is 0 Å². The van der Waals surface area contributed by atoms with Crippen molar-refractivity contribution in [2.45, 2.75) is 13.0 Å². The minimum Gasteiger partial charge on any atom is -0.491 e. The average Bonchev–Trinajstić information content (AvgIpc) is 2.52. The van der Waals surface area contributed by atoms with Gasteiger partial charge in [-0.15, -0.1) is 0 Å². The van der Waals surface area contributed by atoms with Gasteiger partial charge < -0.3 is 20.9 Å². The highest BCUT2D eigenvalue weighted by atomic mass is 16.5. The van der Waals surface area contributed by atoms with Gasteiger partial charge in [-0.3, -0.25) is 4.99 Å². The summed E-state index contributed by atoms with van der Waals surface area (Å²) < 4.78 is 5.52. The zero-order chi connectivity index (χ0) is 15.8. The smallest absolute Gasteiger partial charge is 0.193 e. The van der Waals surface area contributed by atoms with E-state index < -0.39 is 6.10 Å². The predicted octanol–water partition coefficient (Wildman–Crippen LogP) is 2.16. The van der Waals surface area contributed by atoms with E-state index in [0.29, 0.717) is 0 Å². The van der Waals surface area contributed by atoms with Gasteiger partial charge in [0.15, 0.2) is 5.96 Å². The Morgan fingerprint density at radius 3 is 2.73 bits per heavy atom. The number of rotatable bonds is 6. The number of aliphatic hydroxyl groups is 1. The third kappa shape index (κ3) is 5.46. The summed E-state index contributed by atoms with van der Waals surface area (Å²) in [5, 5.41) is 12.8. The summed E-state index contributed by atoms with van der Waals surface area (Å²) in [5.41, 5.74) is 7.74. The van der Waals surface area contributed by atoms with Gasteiger partial charge in [0.25, 0.3) is 0 Å². The van der Waals surface area contributed by atoms with Crippen molar-refractivity contribution in [3.63, 3.8) is 0 Å². The molecule has 0 amide bonds. The van der Waals surface area contributed by atoms with Crippen molar-refractivity contribution >= 4 is 11.6 Å². The summed E-state index contributed by atoms with van der Waals surface area (Å²) >= 11 is 0. The molecule has 5 nitrogen and oxygen atoms in total. The van der Waals surface area contributed by atoms with Crippen molar-refractivity contribution in [1.29, 1.82) is 0 Å². The van der Waals surface area contributed by atoms with Crippen LogP contribution in [0.3, 0.4) is 0 Å². The van der Waals surface area contributed by atoms with Crippen LogP contribution in [0.5, 0.6) is 5.75 Å². The fraction of sp³-hybridized carbons (Fsp3) is 0.235. The molecule has 0 spiro atoms. The summed E-state index contributed by atoms with van der Waals surface area (Å²) in [4.78, 5) is 4.10. The lowest BCUT2D eigenvalue weighted by atomic mass is 10.2. The number of hydrogen-bond acceptors (Lipinski definition) is 3. The summed E-state index contributed by atoms with van der Waals surface area (Å²) in [6.45, 7) is 2.34. The second-order valence-electron chi connectivity index (χ2n) is 5.00. The van der Waals surface area contributed by atoms with Crippen molar-refractivity contribution in [2.24, 2.45) is 10.7 Å². The van der Waals surface area contributed by atoms with Crippen molar-refractivity contribution in [3.05, 3.63) is 60.2 Å². The van der Waals surface area contributed by atoms with E-state index in [1.807, 2.05) is 61.5 Å². The molecule has 5 heteroatoms. The maximum atomic E-state index is 9.88. The summed E-state index contributed by atoms with van der Waals surface area (Å²) in [6, 6.07) is 17.2. The lowest BCUT2D eigenvalue weighted by Crippen LogP contribution is -2.27. The van der Waals surface area contributed by atoms with Crippen molar-refractivity contribution < 1.29 is 9.84 Å². The number of nitrogens with one attached hydrogen (secondary N) is 1. The molecule has 2 aromatic carbocycles. The fourth-order valence-corrected chi connectivity index (χ4v) is 1.86. The van der Waals surface area contributed by atoms with E-state index in [4.69, 9.17) is 10.5 Å². The number of guanidine groups is 1. The molecular formula is C17H21N3O2. The van der Waals surface area contributed by atoms with Crippen LogP contribution in [0.1, 0.15) is 5.56 Å². The van der Waals surface area contributed by atoms with E-state index in [1.165, 1.54) is 0 Å². The highest BCUT2D eigenvalue weighted by molar-refractivity contribution is 5.92. The van der Waals surface area contributed by atoms with Gasteiger partial charge in [0.1, 0.15) is 18.5 Å². The highest BCUT2D eigenvalue weighted by Crippen LogP contribution is 2.12. The number of nitrogens with two attached hydrogens (primary N) is 1. The maximum Gasteiger partial charge on any atom is 0.193 e. The van der Waals surface area contributed by atoms with Crippen LogP contribution in [0.4, 0.5) is 5.69 Å². The average molecular weight is 299 g/mol. The largest absolute Gasteiger partial charge is 0.491 e. The second-order valence-corrected chi connectivity index (χ2v) is 5.00. The SMILES string of the molecule is Cc1cccc(OCC(O)CN=C(N)Nc2ccccc2)c1. The predicted molar refractivity (Wildman–Crippen MR) is 89.2 cm³/mol. The first-order valence-corrected chi connectivity index (χ1v) is 7.13. The van der Waals surface area contributed by atoms with Gasteiger partial charge in [0.2, 0.25) is 0 Å². The third-order valence-electron chi connectivity index (χ3n) is 2.95. The first kappa shape index (κ1) is 15.9. The van der Waals surface area contributed by atoms with Crippen LogP contribution in [0.25, 0.3) is 0 Å². The Morgan fingerprint density at radius 2 is 2.00 bits per heavy atom. The molecule has 4 N–H and O–H groups in total. The molecule has 0 radical (unpaired) electrons. The lowest BCUT2D eigenvalue weighted by Gasteiger charge is -2.11. The molecule has 0 heterocycles. The quantitative estimate of drug-likeness (QED) is 0.564. The van der Waals surface area contributed by atoms with Crippen LogP contribution in [0, 0.1) is 6.92 Å². The van der Waals surface area contributed by atoms with Gasteiger partial charge in [-0.1, -0.05) is 30.3 Å². The van der Waals surface area contributed by atoms with Gasteiger partial charge in [0, 0.05) is 5.69 Å². The van der Waals surface area contributed by atoms with Crippen molar-refractivity contribution in [2.75, 3.05) is 18.5 Å². The Morgan fingerprint density at radius 1 is 1.23 bits per heavy atom. The van der Waals surface area contributed by atoms with Crippen LogP contribution < -0.4 is 15.8 Å². The van der Waals surface area contributed by atoms with Crippen molar-refractivity contribution in [1.82, 2.24) is 0 Å². The fourth-order valence-electron chi connectivity index (χ4n) is 1.86. The maximum absolute atomic E-state index is 9.88. The first-order valence-electron chi connectivity index (χ1n) is 7.13. The molecule has 0 bridgehead atoms. The zero-order valence-corrected chi connectivity index (χ0v) is 12.6. The van der Waals surface area contributed by atoms with Gasteiger partial charge in [-0.2, -0.15) is 0 Å². The Hall–Kier alpha value is -2.53. The topological polar surface area (TPSA) is 79.9 Å². The monoisotopic (exact) mass is 299 g/mol. The Bertz CT molecular complexity index is 614. The van der Waals surface area contributed by atoms with Gasteiger partial charge in [0.05, 0.1) is 6.54 Å². The molecule has 0 fully saturated rings. The van der Waals surface area contributed by atoms with Gasteiger partial charge in [-0.05, 0) is 36.8 Å². The summed E-state index contributed by atoms with van der Waals surface area (Å²) in [5.74, 6) is 0.999. The molecule has 1 unspecified atom stereocenters. The number of aliphatic hydroxyl groups excluding tert-OH is 1. The number of para-hydroxylation sites is 1. The lowest BCUT2D eigenvalue weighted by molar-refractivity contribution is 0.114. The van der Waals surface area contributed by atoms with Crippen molar-refractivity contribution in [3.8, 4) is 5.75 Å². The van der Waals surface area contributed by atoms with Gasteiger partial charge >= 0.3 is 0 Å².